The highest BCUT2D eigenvalue weighted by molar-refractivity contribution is 5.76. The number of hydrogen-bond acceptors (Lipinski definition) is 3. The van der Waals surface area contributed by atoms with E-state index in [1.807, 2.05) is 13.8 Å². The lowest BCUT2D eigenvalue weighted by atomic mass is 9.77. The Hall–Kier alpha value is -0.570. The number of epoxide rings is 1. The molecule has 1 saturated heterocycles. The fourth-order valence-electron chi connectivity index (χ4n) is 2.16. The molecule has 2 unspecified atom stereocenters. The first-order valence-electron chi connectivity index (χ1n) is 7.77. The van der Waals surface area contributed by atoms with Crippen LogP contribution in [0, 0.1) is 11.3 Å². The number of carbonyl (C=O) groups is 1. The topological polar surface area (TPSA) is 38.8 Å². The van der Waals surface area contributed by atoms with Gasteiger partial charge < -0.3 is 9.47 Å². The first-order chi connectivity index (χ1) is 8.98. The Kier molecular flexibility index (Phi) is 6.84. The Bertz CT molecular complexity index is 269. The van der Waals surface area contributed by atoms with Crippen LogP contribution in [0.3, 0.4) is 0 Å². The molecule has 0 aromatic heterocycles. The van der Waals surface area contributed by atoms with E-state index >= 15 is 0 Å². The quantitative estimate of drug-likeness (QED) is 0.343. The van der Waals surface area contributed by atoms with E-state index in [9.17, 15) is 4.79 Å². The molecule has 0 aromatic carbocycles. The molecule has 0 N–H and O–H groups in total. The molecule has 0 amide bonds. The summed E-state index contributed by atoms with van der Waals surface area (Å²) in [6.07, 6.45) is 7.13. The third-order valence-corrected chi connectivity index (χ3v) is 4.30. The van der Waals surface area contributed by atoms with E-state index in [4.69, 9.17) is 9.47 Å². The lowest BCUT2D eigenvalue weighted by molar-refractivity contribution is -0.157. The summed E-state index contributed by atoms with van der Waals surface area (Å²) >= 11 is 0. The molecule has 1 rings (SSSR count). The maximum atomic E-state index is 12.1. The Balaban J connectivity index is 2.21. The molecular weight excluding hydrogens is 240 g/mol. The highest BCUT2D eigenvalue weighted by atomic mass is 16.6. The van der Waals surface area contributed by atoms with Gasteiger partial charge in [0.05, 0.1) is 24.7 Å². The number of ether oxygens (including phenoxy) is 2. The second-order valence-electron chi connectivity index (χ2n) is 6.35. The standard InChI is InChI=1S/C16H30O3/c1-5-6-7-9-13(2)16(3,4)15(17)18-11-8-10-14-12-19-14/h13-14H,5-12H2,1-4H3. The van der Waals surface area contributed by atoms with Gasteiger partial charge in [-0.15, -0.1) is 0 Å². The van der Waals surface area contributed by atoms with Crippen molar-refractivity contribution >= 4 is 5.97 Å². The summed E-state index contributed by atoms with van der Waals surface area (Å²) in [5, 5.41) is 0. The fourth-order valence-corrected chi connectivity index (χ4v) is 2.16. The Labute approximate surface area is 118 Å². The number of unbranched alkanes of at least 4 members (excludes halogenated alkanes) is 2. The third kappa shape index (κ3) is 5.94. The minimum absolute atomic E-state index is 0.0480. The van der Waals surface area contributed by atoms with Gasteiger partial charge in [0.1, 0.15) is 0 Å². The van der Waals surface area contributed by atoms with E-state index in [1.54, 1.807) is 0 Å². The number of esters is 1. The Morgan fingerprint density at radius 1 is 1.37 bits per heavy atom. The minimum atomic E-state index is -0.371. The maximum absolute atomic E-state index is 12.1. The van der Waals surface area contributed by atoms with Crippen LogP contribution >= 0.6 is 0 Å². The van der Waals surface area contributed by atoms with Gasteiger partial charge in [0.15, 0.2) is 0 Å². The van der Waals surface area contributed by atoms with Crippen molar-refractivity contribution in [2.24, 2.45) is 11.3 Å². The molecule has 0 aliphatic carbocycles. The molecule has 19 heavy (non-hydrogen) atoms. The van der Waals surface area contributed by atoms with E-state index in [0.29, 0.717) is 18.6 Å². The van der Waals surface area contributed by atoms with Gasteiger partial charge in [0.25, 0.3) is 0 Å². The summed E-state index contributed by atoms with van der Waals surface area (Å²) in [7, 11) is 0. The van der Waals surface area contributed by atoms with Crippen molar-refractivity contribution in [2.75, 3.05) is 13.2 Å². The van der Waals surface area contributed by atoms with Crippen LogP contribution in [-0.4, -0.2) is 25.3 Å². The number of hydrogen-bond donors (Lipinski definition) is 0. The molecule has 0 saturated carbocycles. The van der Waals surface area contributed by atoms with Crippen LogP contribution in [0.25, 0.3) is 0 Å². The molecule has 1 fully saturated rings. The van der Waals surface area contributed by atoms with Gasteiger partial charge in [-0.05, 0) is 39.0 Å². The molecule has 0 radical (unpaired) electrons. The molecule has 0 aromatic rings. The van der Waals surface area contributed by atoms with E-state index in [2.05, 4.69) is 13.8 Å². The molecule has 1 aliphatic rings. The molecule has 2 atom stereocenters. The first kappa shape index (κ1) is 16.5. The van der Waals surface area contributed by atoms with Crippen molar-refractivity contribution in [3.63, 3.8) is 0 Å². The fraction of sp³-hybridized carbons (Fsp3) is 0.938. The number of rotatable bonds is 10. The van der Waals surface area contributed by atoms with Gasteiger partial charge in [0.2, 0.25) is 0 Å². The first-order valence-corrected chi connectivity index (χ1v) is 7.77. The normalized spacial score (nSPS) is 20.1. The van der Waals surface area contributed by atoms with Gasteiger partial charge in [0, 0.05) is 0 Å². The van der Waals surface area contributed by atoms with E-state index in [-0.39, 0.29) is 11.4 Å². The van der Waals surface area contributed by atoms with E-state index in [0.717, 1.165) is 25.9 Å². The zero-order valence-corrected chi connectivity index (χ0v) is 13.0. The molecular formula is C16H30O3. The van der Waals surface area contributed by atoms with Crippen LogP contribution < -0.4 is 0 Å². The average Bonchev–Trinajstić information content (AvgIpc) is 3.18. The Morgan fingerprint density at radius 3 is 2.63 bits per heavy atom. The summed E-state index contributed by atoms with van der Waals surface area (Å²) in [5.74, 6) is 0.325. The zero-order chi connectivity index (χ0) is 14.3. The monoisotopic (exact) mass is 270 g/mol. The van der Waals surface area contributed by atoms with Crippen LogP contribution in [-0.2, 0) is 14.3 Å². The average molecular weight is 270 g/mol. The second-order valence-corrected chi connectivity index (χ2v) is 6.35. The second kappa shape index (κ2) is 7.88. The van der Waals surface area contributed by atoms with Crippen molar-refractivity contribution in [3.8, 4) is 0 Å². The highest BCUT2D eigenvalue weighted by Gasteiger charge is 2.35. The van der Waals surface area contributed by atoms with Gasteiger partial charge in [-0.2, -0.15) is 0 Å². The summed E-state index contributed by atoms with van der Waals surface area (Å²) in [6, 6.07) is 0. The summed E-state index contributed by atoms with van der Waals surface area (Å²) in [4.78, 5) is 12.1. The predicted molar refractivity (Wildman–Crippen MR) is 77.0 cm³/mol. The van der Waals surface area contributed by atoms with Crippen molar-refractivity contribution in [3.05, 3.63) is 0 Å². The van der Waals surface area contributed by atoms with Crippen LogP contribution in [0.15, 0.2) is 0 Å². The van der Waals surface area contributed by atoms with Gasteiger partial charge >= 0.3 is 5.97 Å². The van der Waals surface area contributed by atoms with Gasteiger partial charge in [-0.3, -0.25) is 4.79 Å². The summed E-state index contributed by atoms with van der Waals surface area (Å²) in [6.45, 7) is 9.80. The smallest absolute Gasteiger partial charge is 0.311 e. The van der Waals surface area contributed by atoms with Gasteiger partial charge in [-0.25, -0.2) is 0 Å². The molecule has 112 valence electrons. The van der Waals surface area contributed by atoms with E-state index < -0.39 is 0 Å². The summed E-state index contributed by atoms with van der Waals surface area (Å²) in [5.41, 5.74) is -0.371. The van der Waals surface area contributed by atoms with Crippen LogP contribution in [0.1, 0.15) is 66.2 Å². The Morgan fingerprint density at radius 2 is 2.05 bits per heavy atom. The van der Waals surface area contributed by atoms with Crippen molar-refractivity contribution in [1.82, 2.24) is 0 Å². The summed E-state index contributed by atoms with van der Waals surface area (Å²) < 4.78 is 10.6. The van der Waals surface area contributed by atoms with E-state index in [1.165, 1.54) is 19.3 Å². The van der Waals surface area contributed by atoms with Crippen LogP contribution in [0.5, 0.6) is 0 Å². The molecule has 3 heteroatoms. The SMILES string of the molecule is CCCCCC(C)C(C)(C)C(=O)OCCCC1CO1. The van der Waals surface area contributed by atoms with Crippen molar-refractivity contribution in [1.29, 1.82) is 0 Å². The predicted octanol–water partition coefficient (Wildman–Crippen LogP) is 3.95. The molecule has 0 bridgehead atoms. The van der Waals surface area contributed by atoms with Crippen molar-refractivity contribution in [2.45, 2.75) is 72.3 Å². The van der Waals surface area contributed by atoms with Crippen molar-refractivity contribution < 1.29 is 14.3 Å². The lowest BCUT2D eigenvalue weighted by Crippen LogP contribution is -2.33. The lowest BCUT2D eigenvalue weighted by Gasteiger charge is -2.29. The molecule has 3 nitrogen and oxygen atoms in total. The minimum Gasteiger partial charge on any atom is -0.465 e. The molecule has 1 aliphatic heterocycles. The highest BCUT2D eigenvalue weighted by Crippen LogP contribution is 2.32. The third-order valence-electron chi connectivity index (χ3n) is 4.30. The van der Waals surface area contributed by atoms with Gasteiger partial charge in [-0.1, -0.05) is 33.1 Å². The number of carbonyl (C=O) groups excluding carboxylic acids is 1. The maximum Gasteiger partial charge on any atom is 0.311 e. The van der Waals surface area contributed by atoms with Crippen LogP contribution in [0.4, 0.5) is 0 Å². The largest absolute Gasteiger partial charge is 0.465 e. The molecule has 1 heterocycles. The van der Waals surface area contributed by atoms with Crippen LogP contribution in [0.2, 0.25) is 0 Å². The molecule has 0 spiro atoms. The zero-order valence-electron chi connectivity index (χ0n) is 13.0.